The van der Waals surface area contributed by atoms with Crippen LogP contribution >= 0.6 is 11.3 Å². The van der Waals surface area contributed by atoms with Crippen molar-refractivity contribution in [3.05, 3.63) is 51.0 Å². The second-order valence-electron chi connectivity index (χ2n) is 4.41. The number of nitrogens with zero attached hydrogens (tertiary/aromatic N) is 1. The van der Waals surface area contributed by atoms with Gasteiger partial charge in [0.2, 0.25) is 0 Å². The van der Waals surface area contributed by atoms with Crippen molar-refractivity contribution in [1.82, 2.24) is 10.3 Å². The highest BCUT2D eigenvalue weighted by molar-refractivity contribution is 7.14. The van der Waals surface area contributed by atoms with E-state index in [9.17, 15) is 4.79 Å². The van der Waals surface area contributed by atoms with Crippen LogP contribution in [0.2, 0.25) is 0 Å². The molecule has 0 aliphatic carbocycles. The molecule has 0 amide bonds. The molecule has 0 saturated heterocycles. The van der Waals surface area contributed by atoms with Crippen molar-refractivity contribution in [3.63, 3.8) is 0 Å². The number of aromatic carboxylic acids is 1. The van der Waals surface area contributed by atoms with Crippen molar-refractivity contribution >= 4 is 17.3 Å². The Morgan fingerprint density at radius 2 is 2.16 bits per heavy atom. The Morgan fingerprint density at radius 1 is 1.37 bits per heavy atom. The van der Waals surface area contributed by atoms with Gasteiger partial charge in [-0.1, -0.05) is 6.07 Å². The highest BCUT2D eigenvalue weighted by atomic mass is 32.1. The average molecular weight is 276 g/mol. The molecule has 4 nitrogen and oxygen atoms in total. The standard InChI is InChI=1S/C14H16N2O2S/c1-9-3-4-11(7-16-9)6-15-8-12-5-13(14(17)18)19-10(12)2/h3-5,7,15H,6,8H2,1-2H3,(H,17,18). The summed E-state index contributed by atoms with van der Waals surface area (Å²) in [7, 11) is 0. The Bertz CT molecular complexity index is 576. The third-order valence-electron chi connectivity index (χ3n) is 2.85. The second kappa shape index (κ2) is 5.95. The van der Waals surface area contributed by atoms with E-state index in [1.54, 1.807) is 6.07 Å². The number of rotatable bonds is 5. The molecule has 2 aromatic heterocycles. The van der Waals surface area contributed by atoms with Gasteiger partial charge in [-0.05, 0) is 37.1 Å². The Kier molecular flexibility index (Phi) is 4.29. The Morgan fingerprint density at radius 3 is 2.74 bits per heavy atom. The van der Waals surface area contributed by atoms with Crippen molar-refractivity contribution < 1.29 is 9.90 Å². The molecule has 2 rings (SSSR count). The van der Waals surface area contributed by atoms with Gasteiger partial charge < -0.3 is 10.4 Å². The molecule has 2 heterocycles. The van der Waals surface area contributed by atoms with Crippen molar-refractivity contribution in [2.75, 3.05) is 0 Å². The van der Waals surface area contributed by atoms with Crippen LogP contribution in [0.4, 0.5) is 0 Å². The number of aromatic nitrogens is 1. The summed E-state index contributed by atoms with van der Waals surface area (Å²) < 4.78 is 0. The summed E-state index contributed by atoms with van der Waals surface area (Å²) in [5, 5.41) is 12.2. The van der Waals surface area contributed by atoms with Gasteiger partial charge in [0.15, 0.2) is 0 Å². The third-order valence-corrected chi connectivity index (χ3v) is 3.93. The summed E-state index contributed by atoms with van der Waals surface area (Å²) in [6, 6.07) is 5.76. The lowest BCUT2D eigenvalue weighted by Gasteiger charge is -2.04. The first-order valence-corrected chi connectivity index (χ1v) is 6.83. The first-order chi connectivity index (χ1) is 9.06. The van der Waals surface area contributed by atoms with E-state index in [4.69, 9.17) is 5.11 Å². The Balaban J connectivity index is 1.92. The lowest BCUT2D eigenvalue weighted by atomic mass is 10.2. The zero-order chi connectivity index (χ0) is 13.8. The topological polar surface area (TPSA) is 62.2 Å². The molecule has 0 bridgehead atoms. The second-order valence-corrected chi connectivity index (χ2v) is 5.66. The monoisotopic (exact) mass is 276 g/mol. The number of pyridine rings is 1. The summed E-state index contributed by atoms with van der Waals surface area (Å²) in [6.07, 6.45) is 1.85. The number of hydrogen-bond donors (Lipinski definition) is 2. The average Bonchev–Trinajstić information content (AvgIpc) is 2.74. The van der Waals surface area contributed by atoms with E-state index in [2.05, 4.69) is 10.3 Å². The number of aryl methyl sites for hydroxylation is 2. The van der Waals surface area contributed by atoms with Crippen molar-refractivity contribution in [2.45, 2.75) is 26.9 Å². The van der Waals surface area contributed by atoms with E-state index in [1.807, 2.05) is 32.2 Å². The lowest BCUT2D eigenvalue weighted by Crippen LogP contribution is -2.13. The predicted octanol–water partition coefficient (Wildman–Crippen LogP) is 2.75. The molecular formula is C14H16N2O2S. The maximum absolute atomic E-state index is 10.9. The SMILES string of the molecule is Cc1ccc(CNCc2cc(C(=O)O)sc2C)cn1. The van der Waals surface area contributed by atoms with Gasteiger partial charge in [-0.25, -0.2) is 4.79 Å². The minimum atomic E-state index is -0.859. The van der Waals surface area contributed by atoms with Crippen LogP contribution in [-0.2, 0) is 13.1 Å². The largest absolute Gasteiger partial charge is 0.477 e. The first kappa shape index (κ1) is 13.7. The van der Waals surface area contributed by atoms with Crippen molar-refractivity contribution in [3.8, 4) is 0 Å². The van der Waals surface area contributed by atoms with E-state index in [0.717, 1.165) is 28.2 Å². The minimum absolute atomic E-state index is 0.395. The van der Waals surface area contributed by atoms with E-state index in [0.29, 0.717) is 11.4 Å². The van der Waals surface area contributed by atoms with Gasteiger partial charge >= 0.3 is 5.97 Å². The van der Waals surface area contributed by atoms with Crippen LogP contribution in [0.5, 0.6) is 0 Å². The summed E-state index contributed by atoms with van der Waals surface area (Å²) in [4.78, 5) is 16.6. The fraction of sp³-hybridized carbons (Fsp3) is 0.286. The molecule has 100 valence electrons. The van der Waals surface area contributed by atoms with Crippen LogP contribution in [0, 0.1) is 13.8 Å². The highest BCUT2D eigenvalue weighted by Gasteiger charge is 2.10. The molecule has 0 saturated carbocycles. The van der Waals surface area contributed by atoms with Crippen LogP contribution in [-0.4, -0.2) is 16.1 Å². The number of hydrogen-bond acceptors (Lipinski definition) is 4. The molecule has 0 aliphatic rings. The molecule has 0 fully saturated rings. The van der Waals surface area contributed by atoms with Gasteiger partial charge in [0.25, 0.3) is 0 Å². The lowest BCUT2D eigenvalue weighted by molar-refractivity contribution is 0.0702. The van der Waals surface area contributed by atoms with Crippen LogP contribution in [0.15, 0.2) is 24.4 Å². The normalized spacial score (nSPS) is 10.6. The third kappa shape index (κ3) is 3.62. The fourth-order valence-electron chi connectivity index (χ4n) is 1.75. The molecule has 0 unspecified atom stereocenters. The van der Waals surface area contributed by atoms with Gasteiger partial charge in [0, 0.05) is 29.9 Å². The maximum Gasteiger partial charge on any atom is 0.345 e. The van der Waals surface area contributed by atoms with E-state index < -0.39 is 5.97 Å². The Hall–Kier alpha value is -1.72. The molecule has 0 spiro atoms. The van der Waals surface area contributed by atoms with Crippen molar-refractivity contribution in [1.29, 1.82) is 0 Å². The molecule has 2 N–H and O–H groups in total. The summed E-state index contributed by atoms with van der Waals surface area (Å²) in [5.41, 5.74) is 3.17. The van der Waals surface area contributed by atoms with Crippen LogP contribution in [0.25, 0.3) is 0 Å². The minimum Gasteiger partial charge on any atom is -0.477 e. The number of carboxylic acids is 1. The van der Waals surface area contributed by atoms with Gasteiger partial charge in [-0.15, -0.1) is 11.3 Å². The summed E-state index contributed by atoms with van der Waals surface area (Å²) >= 11 is 1.32. The number of nitrogens with one attached hydrogen (secondary N) is 1. The zero-order valence-electron chi connectivity index (χ0n) is 10.9. The zero-order valence-corrected chi connectivity index (χ0v) is 11.8. The van der Waals surface area contributed by atoms with Crippen LogP contribution in [0.3, 0.4) is 0 Å². The maximum atomic E-state index is 10.9. The fourth-order valence-corrected chi connectivity index (χ4v) is 2.63. The first-order valence-electron chi connectivity index (χ1n) is 6.01. The van der Waals surface area contributed by atoms with E-state index in [-0.39, 0.29) is 0 Å². The van der Waals surface area contributed by atoms with E-state index >= 15 is 0 Å². The molecule has 19 heavy (non-hydrogen) atoms. The van der Waals surface area contributed by atoms with Gasteiger partial charge in [0.1, 0.15) is 4.88 Å². The molecular weight excluding hydrogens is 260 g/mol. The predicted molar refractivity (Wildman–Crippen MR) is 75.5 cm³/mol. The summed E-state index contributed by atoms with van der Waals surface area (Å²) in [5.74, 6) is -0.859. The van der Waals surface area contributed by atoms with Gasteiger partial charge in [-0.2, -0.15) is 0 Å². The number of carboxylic acid groups (broad SMARTS) is 1. The molecule has 5 heteroatoms. The quantitative estimate of drug-likeness (QED) is 0.881. The van der Waals surface area contributed by atoms with Gasteiger partial charge in [-0.3, -0.25) is 4.98 Å². The Labute approximate surface area is 116 Å². The number of carbonyl (C=O) groups is 1. The van der Waals surface area contributed by atoms with Crippen LogP contribution < -0.4 is 5.32 Å². The van der Waals surface area contributed by atoms with Crippen molar-refractivity contribution in [2.24, 2.45) is 0 Å². The molecule has 0 aromatic carbocycles. The van der Waals surface area contributed by atoms with E-state index in [1.165, 1.54) is 11.3 Å². The number of thiophene rings is 1. The smallest absolute Gasteiger partial charge is 0.345 e. The molecule has 0 radical (unpaired) electrons. The summed E-state index contributed by atoms with van der Waals surface area (Å²) in [6.45, 7) is 5.30. The molecule has 0 aliphatic heterocycles. The molecule has 0 atom stereocenters. The van der Waals surface area contributed by atoms with Crippen LogP contribution in [0.1, 0.15) is 31.4 Å². The van der Waals surface area contributed by atoms with Gasteiger partial charge in [0.05, 0.1) is 0 Å². The molecule has 2 aromatic rings. The highest BCUT2D eigenvalue weighted by Crippen LogP contribution is 2.21.